The summed E-state index contributed by atoms with van der Waals surface area (Å²) in [6.45, 7) is 2.69. The van der Waals surface area contributed by atoms with E-state index in [1.54, 1.807) is 0 Å². The van der Waals surface area contributed by atoms with Gasteiger partial charge in [0.1, 0.15) is 0 Å². The number of aliphatic carboxylic acids is 1. The van der Waals surface area contributed by atoms with Crippen LogP contribution in [0.25, 0.3) is 0 Å². The van der Waals surface area contributed by atoms with Gasteiger partial charge in [-0.3, -0.25) is 9.69 Å². The number of carboxylic acid groups (broad SMARTS) is 1. The lowest BCUT2D eigenvalue weighted by Gasteiger charge is -2.37. The van der Waals surface area contributed by atoms with Crippen molar-refractivity contribution in [2.45, 2.75) is 25.6 Å². The van der Waals surface area contributed by atoms with Crippen LogP contribution >= 0.6 is 23.2 Å². The molecule has 3 rings (SSSR count). The third kappa shape index (κ3) is 5.21. The van der Waals surface area contributed by atoms with Crippen LogP contribution in [-0.4, -0.2) is 35.1 Å². The van der Waals surface area contributed by atoms with E-state index in [1.165, 1.54) is 0 Å². The number of nitrogens with zero attached hydrogens (tertiary/aromatic N) is 1. The molecule has 2 aromatic rings. The van der Waals surface area contributed by atoms with Crippen LogP contribution < -0.4 is 5.32 Å². The predicted molar refractivity (Wildman–Crippen MR) is 105 cm³/mol. The molecule has 26 heavy (non-hydrogen) atoms. The van der Waals surface area contributed by atoms with Crippen LogP contribution in [-0.2, 0) is 17.9 Å². The lowest BCUT2D eigenvalue weighted by Crippen LogP contribution is -2.50. The average Bonchev–Trinajstić information content (AvgIpc) is 2.61. The number of carbonyl (C=O) groups is 1. The van der Waals surface area contributed by atoms with E-state index in [1.807, 2.05) is 48.5 Å². The van der Waals surface area contributed by atoms with E-state index >= 15 is 0 Å². The summed E-state index contributed by atoms with van der Waals surface area (Å²) in [7, 11) is 0. The van der Waals surface area contributed by atoms with Crippen LogP contribution in [0.5, 0.6) is 0 Å². The minimum atomic E-state index is -0.743. The molecule has 1 saturated heterocycles. The van der Waals surface area contributed by atoms with Crippen molar-refractivity contribution in [3.05, 3.63) is 69.7 Å². The first kappa shape index (κ1) is 19.2. The Morgan fingerprint density at radius 1 is 1.04 bits per heavy atom. The second kappa shape index (κ2) is 8.87. The lowest BCUT2D eigenvalue weighted by atomic mass is 9.94. The highest BCUT2D eigenvalue weighted by molar-refractivity contribution is 6.30. The molecule has 0 amide bonds. The molecule has 0 saturated carbocycles. The Labute approximate surface area is 163 Å². The van der Waals surface area contributed by atoms with Gasteiger partial charge in [-0.15, -0.1) is 0 Å². The summed E-state index contributed by atoms with van der Waals surface area (Å²) in [6.07, 6.45) is 0.628. The second-order valence-corrected chi connectivity index (χ2v) is 7.62. The summed E-state index contributed by atoms with van der Waals surface area (Å²) in [6, 6.07) is 15.7. The zero-order valence-electron chi connectivity index (χ0n) is 14.4. The molecule has 2 aromatic carbocycles. The van der Waals surface area contributed by atoms with E-state index in [2.05, 4.69) is 10.2 Å². The third-order valence-corrected chi connectivity index (χ3v) is 5.21. The first-order chi connectivity index (χ1) is 12.5. The highest BCUT2D eigenvalue weighted by Crippen LogP contribution is 2.23. The van der Waals surface area contributed by atoms with Gasteiger partial charge in [0, 0.05) is 42.3 Å². The minimum absolute atomic E-state index is 0.128. The van der Waals surface area contributed by atoms with Crippen LogP contribution in [0.1, 0.15) is 17.5 Å². The lowest BCUT2D eigenvalue weighted by molar-refractivity contribution is -0.143. The fourth-order valence-electron chi connectivity index (χ4n) is 3.44. The second-order valence-electron chi connectivity index (χ2n) is 6.75. The van der Waals surface area contributed by atoms with Gasteiger partial charge < -0.3 is 10.4 Å². The molecule has 0 bridgehead atoms. The Bertz CT molecular complexity index is 721. The van der Waals surface area contributed by atoms with Crippen molar-refractivity contribution in [3.63, 3.8) is 0 Å². The van der Waals surface area contributed by atoms with Crippen LogP contribution in [0.3, 0.4) is 0 Å². The maximum absolute atomic E-state index is 11.4. The molecule has 0 aromatic heterocycles. The van der Waals surface area contributed by atoms with E-state index in [0.29, 0.717) is 36.1 Å². The predicted octanol–water partition coefficient (Wildman–Crippen LogP) is 4.06. The number of benzene rings is 2. The minimum Gasteiger partial charge on any atom is -0.481 e. The monoisotopic (exact) mass is 392 g/mol. The van der Waals surface area contributed by atoms with Crippen LogP contribution in [0.4, 0.5) is 0 Å². The van der Waals surface area contributed by atoms with E-state index in [4.69, 9.17) is 23.2 Å². The third-order valence-electron chi connectivity index (χ3n) is 4.74. The van der Waals surface area contributed by atoms with Gasteiger partial charge in [-0.05, 0) is 41.8 Å². The summed E-state index contributed by atoms with van der Waals surface area (Å²) >= 11 is 12.3. The van der Waals surface area contributed by atoms with E-state index in [-0.39, 0.29) is 12.0 Å². The Kier molecular flexibility index (Phi) is 6.54. The van der Waals surface area contributed by atoms with Crippen LogP contribution in [0.15, 0.2) is 48.5 Å². The Morgan fingerprint density at radius 3 is 2.12 bits per heavy atom. The summed E-state index contributed by atoms with van der Waals surface area (Å²) < 4.78 is 0. The standard InChI is InChI=1S/C20H22Cl2N2O2/c21-17-5-1-3-14(7-17)12-24(13-15-4-2-6-18(22)8-15)19-9-16(20(25)26)10-23-11-19/h1-8,16,19,23H,9-13H2,(H,25,26). The van der Waals surface area contributed by atoms with Gasteiger partial charge in [0.05, 0.1) is 5.92 Å². The van der Waals surface area contributed by atoms with Crippen molar-refractivity contribution < 1.29 is 9.90 Å². The molecule has 4 nitrogen and oxygen atoms in total. The summed E-state index contributed by atoms with van der Waals surface area (Å²) in [4.78, 5) is 13.7. The number of carboxylic acids is 1. The molecule has 2 N–H and O–H groups in total. The number of nitrogens with one attached hydrogen (secondary N) is 1. The normalized spacial score (nSPS) is 20.3. The SMILES string of the molecule is O=C(O)C1CNCC(N(Cc2cccc(Cl)c2)Cc2cccc(Cl)c2)C1. The first-order valence-electron chi connectivity index (χ1n) is 8.67. The molecular formula is C20H22Cl2N2O2. The number of rotatable bonds is 6. The smallest absolute Gasteiger partial charge is 0.307 e. The summed E-state index contributed by atoms with van der Waals surface area (Å²) in [5.41, 5.74) is 2.22. The van der Waals surface area contributed by atoms with E-state index in [0.717, 1.165) is 17.7 Å². The van der Waals surface area contributed by atoms with E-state index in [9.17, 15) is 9.90 Å². The molecule has 1 heterocycles. The quantitative estimate of drug-likeness (QED) is 0.777. The van der Waals surface area contributed by atoms with Crippen molar-refractivity contribution in [2.24, 2.45) is 5.92 Å². The van der Waals surface area contributed by atoms with Crippen molar-refractivity contribution in [2.75, 3.05) is 13.1 Å². The molecule has 0 spiro atoms. The number of halogens is 2. The topological polar surface area (TPSA) is 52.6 Å². The highest BCUT2D eigenvalue weighted by atomic mass is 35.5. The van der Waals surface area contributed by atoms with Crippen molar-refractivity contribution >= 4 is 29.2 Å². The van der Waals surface area contributed by atoms with Gasteiger partial charge in [-0.2, -0.15) is 0 Å². The van der Waals surface area contributed by atoms with Gasteiger partial charge in [0.15, 0.2) is 0 Å². The van der Waals surface area contributed by atoms with Crippen molar-refractivity contribution in [1.29, 1.82) is 0 Å². The van der Waals surface area contributed by atoms with Gasteiger partial charge in [0.25, 0.3) is 0 Å². The number of hydrogen-bond donors (Lipinski definition) is 2. The molecule has 0 radical (unpaired) electrons. The Hall–Kier alpha value is -1.59. The van der Waals surface area contributed by atoms with Crippen molar-refractivity contribution in [1.82, 2.24) is 10.2 Å². The molecule has 2 atom stereocenters. The van der Waals surface area contributed by atoms with Gasteiger partial charge in [0.2, 0.25) is 0 Å². The number of piperidine rings is 1. The zero-order chi connectivity index (χ0) is 18.5. The van der Waals surface area contributed by atoms with Crippen LogP contribution in [0.2, 0.25) is 10.0 Å². The fourth-order valence-corrected chi connectivity index (χ4v) is 3.87. The molecular weight excluding hydrogens is 371 g/mol. The maximum atomic E-state index is 11.4. The summed E-state index contributed by atoms with van der Waals surface area (Å²) in [5.74, 6) is -1.11. The highest BCUT2D eigenvalue weighted by Gasteiger charge is 2.30. The largest absolute Gasteiger partial charge is 0.481 e. The molecule has 1 aliphatic rings. The van der Waals surface area contributed by atoms with Gasteiger partial charge in [-0.1, -0.05) is 47.5 Å². The molecule has 1 aliphatic heterocycles. The average molecular weight is 393 g/mol. The first-order valence-corrected chi connectivity index (χ1v) is 9.43. The Balaban J connectivity index is 1.81. The zero-order valence-corrected chi connectivity index (χ0v) is 15.9. The molecule has 6 heteroatoms. The molecule has 2 unspecified atom stereocenters. The summed E-state index contributed by atoms with van der Waals surface area (Å²) in [5, 5.41) is 14.1. The fraction of sp³-hybridized carbons (Fsp3) is 0.350. The molecule has 138 valence electrons. The van der Waals surface area contributed by atoms with Crippen molar-refractivity contribution in [3.8, 4) is 0 Å². The van der Waals surface area contributed by atoms with E-state index < -0.39 is 5.97 Å². The maximum Gasteiger partial charge on any atom is 0.307 e. The number of hydrogen-bond acceptors (Lipinski definition) is 3. The Morgan fingerprint density at radius 2 is 1.62 bits per heavy atom. The molecule has 1 fully saturated rings. The molecule has 0 aliphatic carbocycles. The van der Waals surface area contributed by atoms with Gasteiger partial charge >= 0.3 is 5.97 Å². The van der Waals surface area contributed by atoms with Crippen LogP contribution in [0, 0.1) is 5.92 Å². The van der Waals surface area contributed by atoms with Gasteiger partial charge in [-0.25, -0.2) is 0 Å².